The number of hydrogen-bond acceptors (Lipinski definition) is 0. The van der Waals surface area contributed by atoms with Gasteiger partial charge in [-0.25, -0.2) is 0 Å². The van der Waals surface area contributed by atoms with E-state index >= 15 is 0 Å². The number of rotatable bonds is 0. The average molecular weight is 166 g/mol. The lowest BCUT2D eigenvalue weighted by Crippen LogP contribution is -2.34. The molecule has 2 aliphatic rings. The van der Waals surface area contributed by atoms with E-state index in [-0.39, 0.29) is 0 Å². The van der Waals surface area contributed by atoms with Crippen LogP contribution in [-0.4, -0.2) is 0 Å². The van der Waals surface area contributed by atoms with Gasteiger partial charge in [0.15, 0.2) is 0 Å². The first-order valence-electron chi connectivity index (χ1n) is 5.79. The van der Waals surface area contributed by atoms with Crippen LogP contribution in [0, 0.1) is 23.7 Å². The maximum absolute atomic E-state index is 2.48. The van der Waals surface area contributed by atoms with Gasteiger partial charge >= 0.3 is 0 Å². The molecule has 0 aromatic carbocycles. The lowest BCUT2D eigenvalue weighted by molar-refractivity contribution is 0.0702. The summed E-state index contributed by atoms with van der Waals surface area (Å²) in [6, 6.07) is 0. The van der Waals surface area contributed by atoms with Crippen molar-refractivity contribution >= 4 is 0 Å². The molecule has 12 heavy (non-hydrogen) atoms. The largest absolute Gasteiger partial charge is 0.0622 e. The predicted molar refractivity (Wildman–Crippen MR) is 53.0 cm³/mol. The molecule has 0 aromatic rings. The van der Waals surface area contributed by atoms with Crippen molar-refractivity contribution in [3.8, 4) is 0 Å². The van der Waals surface area contributed by atoms with Crippen LogP contribution in [0.2, 0.25) is 0 Å². The molecule has 0 heterocycles. The third-order valence-corrected chi connectivity index (χ3v) is 4.41. The van der Waals surface area contributed by atoms with Gasteiger partial charge in [0, 0.05) is 0 Å². The zero-order valence-corrected chi connectivity index (χ0v) is 8.55. The molecule has 0 radical (unpaired) electrons. The van der Waals surface area contributed by atoms with E-state index in [4.69, 9.17) is 0 Å². The van der Waals surface area contributed by atoms with Gasteiger partial charge in [0.05, 0.1) is 0 Å². The number of fused-ring (bicyclic) bond motifs is 1. The molecule has 0 aliphatic heterocycles. The Kier molecular flexibility index (Phi) is 2.43. The Morgan fingerprint density at radius 3 is 1.50 bits per heavy atom. The van der Waals surface area contributed by atoms with Crippen molar-refractivity contribution in [2.45, 2.75) is 52.4 Å². The van der Waals surface area contributed by atoms with Crippen LogP contribution in [0.25, 0.3) is 0 Å². The summed E-state index contributed by atoms with van der Waals surface area (Å²) in [6.07, 6.45) is 9.10. The van der Waals surface area contributed by atoms with E-state index in [9.17, 15) is 0 Å². The lowest BCUT2D eigenvalue weighted by atomic mass is 9.62. The van der Waals surface area contributed by atoms with Gasteiger partial charge in [-0.05, 0) is 36.5 Å². The standard InChI is InChI=1S/C12H22/c1-9-5-3-8-12-10(2)6-4-7-11(9)12/h9-12H,3-8H2,1-2H3/t9-,10-,11?,12?/m1/s1. The molecule has 2 unspecified atom stereocenters. The average Bonchev–Trinajstić information content (AvgIpc) is 2.07. The highest BCUT2D eigenvalue weighted by molar-refractivity contribution is 4.86. The van der Waals surface area contributed by atoms with Crippen molar-refractivity contribution in [1.82, 2.24) is 0 Å². The molecular weight excluding hydrogens is 144 g/mol. The normalized spacial score (nSPS) is 48.5. The molecule has 0 aromatic heterocycles. The van der Waals surface area contributed by atoms with Crippen LogP contribution in [0.1, 0.15) is 52.4 Å². The summed E-state index contributed by atoms with van der Waals surface area (Å²) in [5, 5.41) is 0. The van der Waals surface area contributed by atoms with Crippen LogP contribution < -0.4 is 0 Å². The van der Waals surface area contributed by atoms with Gasteiger partial charge in [-0.2, -0.15) is 0 Å². The van der Waals surface area contributed by atoms with E-state index in [1.807, 2.05) is 0 Å². The minimum Gasteiger partial charge on any atom is -0.0622 e. The first-order chi connectivity index (χ1) is 5.79. The second-order valence-electron chi connectivity index (χ2n) is 5.14. The molecule has 0 heteroatoms. The van der Waals surface area contributed by atoms with Gasteiger partial charge in [0.2, 0.25) is 0 Å². The highest BCUT2D eigenvalue weighted by Crippen LogP contribution is 2.46. The molecule has 2 saturated carbocycles. The van der Waals surface area contributed by atoms with Crippen molar-refractivity contribution in [2.24, 2.45) is 23.7 Å². The molecule has 2 rings (SSSR count). The van der Waals surface area contributed by atoms with Crippen LogP contribution >= 0.6 is 0 Å². The summed E-state index contributed by atoms with van der Waals surface area (Å²) < 4.78 is 0. The second kappa shape index (κ2) is 3.40. The Bertz CT molecular complexity index is 132. The molecule has 0 N–H and O–H groups in total. The lowest BCUT2D eigenvalue weighted by Gasteiger charge is -2.43. The highest BCUT2D eigenvalue weighted by atomic mass is 14.4. The van der Waals surface area contributed by atoms with E-state index in [2.05, 4.69) is 13.8 Å². The zero-order chi connectivity index (χ0) is 8.55. The van der Waals surface area contributed by atoms with Crippen LogP contribution in [0.4, 0.5) is 0 Å². The van der Waals surface area contributed by atoms with Crippen molar-refractivity contribution < 1.29 is 0 Å². The first-order valence-corrected chi connectivity index (χ1v) is 5.79. The van der Waals surface area contributed by atoms with E-state index in [1.54, 1.807) is 0 Å². The monoisotopic (exact) mass is 166 g/mol. The first kappa shape index (κ1) is 8.59. The van der Waals surface area contributed by atoms with E-state index in [0.717, 1.165) is 23.7 Å². The summed E-state index contributed by atoms with van der Waals surface area (Å²) >= 11 is 0. The Morgan fingerprint density at radius 2 is 1.08 bits per heavy atom. The molecule has 0 spiro atoms. The summed E-state index contributed by atoms with van der Waals surface area (Å²) in [7, 11) is 0. The van der Waals surface area contributed by atoms with Gasteiger partial charge in [0.1, 0.15) is 0 Å². The molecule has 2 aliphatic carbocycles. The minimum atomic E-state index is 1.03. The van der Waals surface area contributed by atoms with E-state index in [1.165, 1.54) is 38.5 Å². The SMILES string of the molecule is C[C@@H]1CCCC2C1CCC[C@H]2C. The molecule has 0 amide bonds. The Labute approximate surface area is 76.7 Å². The second-order valence-corrected chi connectivity index (χ2v) is 5.14. The molecule has 0 saturated heterocycles. The third-order valence-electron chi connectivity index (χ3n) is 4.41. The Morgan fingerprint density at radius 1 is 0.667 bits per heavy atom. The summed E-state index contributed by atoms with van der Waals surface area (Å²) in [6.45, 7) is 4.96. The van der Waals surface area contributed by atoms with Gasteiger partial charge in [-0.3, -0.25) is 0 Å². The molecule has 4 atom stereocenters. The Balaban J connectivity index is 2.05. The zero-order valence-electron chi connectivity index (χ0n) is 8.55. The molecule has 0 nitrogen and oxygen atoms in total. The van der Waals surface area contributed by atoms with Gasteiger partial charge in [-0.1, -0.05) is 39.5 Å². The van der Waals surface area contributed by atoms with E-state index < -0.39 is 0 Å². The maximum Gasteiger partial charge on any atom is -0.0358 e. The van der Waals surface area contributed by atoms with Crippen molar-refractivity contribution in [2.75, 3.05) is 0 Å². The third kappa shape index (κ3) is 1.41. The van der Waals surface area contributed by atoms with Crippen molar-refractivity contribution in [3.05, 3.63) is 0 Å². The highest BCUT2D eigenvalue weighted by Gasteiger charge is 2.35. The smallest absolute Gasteiger partial charge is 0.0358 e. The van der Waals surface area contributed by atoms with Crippen LogP contribution in [0.15, 0.2) is 0 Å². The van der Waals surface area contributed by atoms with Gasteiger partial charge < -0.3 is 0 Å². The molecular formula is C12H22. The maximum atomic E-state index is 2.48. The summed E-state index contributed by atoms with van der Waals surface area (Å²) in [5.41, 5.74) is 0. The van der Waals surface area contributed by atoms with Crippen molar-refractivity contribution in [3.63, 3.8) is 0 Å². The molecule has 2 fully saturated rings. The minimum absolute atomic E-state index is 1.03. The predicted octanol–water partition coefficient (Wildman–Crippen LogP) is 3.86. The summed E-state index contributed by atoms with van der Waals surface area (Å²) in [4.78, 5) is 0. The Hall–Kier alpha value is 0. The fourth-order valence-corrected chi connectivity index (χ4v) is 3.62. The quantitative estimate of drug-likeness (QED) is 0.512. The molecule has 70 valence electrons. The molecule has 0 bridgehead atoms. The fraction of sp³-hybridized carbons (Fsp3) is 1.00. The van der Waals surface area contributed by atoms with Crippen molar-refractivity contribution in [1.29, 1.82) is 0 Å². The van der Waals surface area contributed by atoms with E-state index in [0.29, 0.717) is 0 Å². The van der Waals surface area contributed by atoms with Gasteiger partial charge in [-0.15, -0.1) is 0 Å². The fourth-order valence-electron chi connectivity index (χ4n) is 3.62. The van der Waals surface area contributed by atoms with Crippen LogP contribution in [0.3, 0.4) is 0 Å². The van der Waals surface area contributed by atoms with Crippen LogP contribution in [0.5, 0.6) is 0 Å². The topological polar surface area (TPSA) is 0 Å². The van der Waals surface area contributed by atoms with Gasteiger partial charge in [0.25, 0.3) is 0 Å². The van der Waals surface area contributed by atoms with Crippen LogP contribution in [-0.2, 0) is 0 Å². The summed E-state index contributed by atoms with van der Waals surface area (Å²) in [5.74, 6) is 4.27. The number of hydrogen-bond donors (Lipinski definition) is 0.